The number of aryl methyl sites for hydroxylation is 1. The average Bonchev–Trinajstić information content (AvgIpc) is 3.12. The Morgan fingerprint density at radius 1 is 1.20 bits per heavy atom. The number of thioether (sulfide) groups is 1. The van der Waals surface area contributed by atoms with Gasteiger partial charge in [-0.1, -0.05) is 60.3 Å². The molecule has 0 radical (unpaired) electrons. The Morgan fingerprint density at radius 3 is 2.53 bits per heavy atom. The monoisotopic (exact) mass is 421 g/mol. The molecule has 1 heterocycles. The second kappa shape index (κ2) is 10.5. The van der Waals surface area contributed by atoms with Crippen LogP contribution in [0.3, 0.4) is 0 Å². The van der Waals surface area contributed by atoms with Crippen LogP contribution in [0.4, 0.5) is 5.69 Å². The number of anilines is 1. The summed E-state index contributed by atoms with van der Waals surface area (Å²) in [6, 6.07) is 21.3. The third-order valence-corrected chi connectivity index (χ3v) is 5.68. The van der Waals surface area contributed by atoms with E-state index < -0.39 is 5.25 Å². The van der Waals surface area contributed by atoms with Crippen molar-refractivity contribution < 1.29 is 4.79 Å². The number of hydrogen-bond acceptors (Lipinski definition) is 5. The molecule has 154 valence electrons. The van der Waals surface area contributed by atoms with Gasteiger partial charge in [-0.25, -0.2) is 9.89 Å². The van der Waals surface area contributed by atoms with Crippen molar-refractivity contribution in [2.24, 2.45) is 0 Å². The van der Waals surface area contributed by atoms with Crippen molar-refractivity contribution in [2.75, 3.05) is 11.4 Å². The highest BCUT2D eigenvalue weighted by Crippen LogP contribution is 2.24. The number of nitrogens with one attached hydrogen (secondary N) is 1. The van der Waals surface area contributed by atoms with Crippen LogP contribution in [-0.2, 0) is 17.8 Å². The van der Waals surface area contributed by atoms with Crippen LogP contribution in [0.5, 0.6) is 0 Å². The molecule has 1 atom stereocenters. The molecule has 0 spiro atoms. The van der Waals surface area contributed by atoms with E-state index in [-0.39, 0.29) is 18.0 Å². The lowest BCUT2D eigenvalue weighted by Crippen LogP contribution is -2.37. The molecule has 30 heavy (non-hydrogen) atoms. The summed E-state index contributed by atoms with van der Waals surface area (Å²) >= 11 is 1.24. The number of para-hydroxylation sites is 1. The van der Waals surface area contributed by atoms with Crippen LogP contribution >= 0.6 is 11.8 Å². The average molecular weight is 422 g/mol. The number of aromatic amines is 1. The topological polar surface area (TPSA) is 94.8 Å². The highest BCUT2D eigenvalue weighted by Gasteiger charge is 2.25. The highest BCUT2D eigenvalue weighted by molar-refractivity contribution is 8.00. The molecule has 8 heteroatoms. The molecule has 1 aromatic heterocycles. The number of nitrogens with zero attached hydrogens (tertiary/aromatic N) is 4. The molecule has 0 aliphatic carbocycles. The molecule has 1 amide bonds. The third-order valence-electron chi connectivity index (χ3n) is 4.60. The van der Waals surface area contributed by atoms with Gasteiger partial charge in [0, 0.05) is 18.8 Å². The predicted molar refractivity (Wildman–Crippen MR) is 117 cm³/mol. The minimum Gasteiger partial charge on any atom is -0.310 e. The summed E-state index contributed by atoms with van der Waals surface area (Å²) in [6.45, 7) is 2.57. The van der Waals surface area contributed by atoms with Crippen molar-refractivity contribution in [3.63, 3.8) is 0 Å². The van der Waals surface area contributed by atoms with E-state index in [0.29, 0.717) is 24.7 Å². The van der Waals surface area contributed by atoms with Crippen molar-refractivity contribution >= 4 is 23.4 Å². The molecule has 0 fully saturated rings. The molecule has 1 N–H and O–H groups in total. The lowest BCUT2D eigenvalue weighted by molar-refractivity contribution is -0.117. The van der Waals surface area contributed by atoms with E-state index in [4.69, 9.17) is 5.26 Å². The zero-order valence-corrected chi connectivity index (χ0v) is 17.5. The molecule has 0 bridgehead atoms. The maximum atomic E-state index is 13.1. The molecule has 0 unspecified atom stereocenters. The molecule has 0 saturated carbocycles. The summed E-state index contributed by atoms with van der Waals surface area (Å²) in [5, 5.41) is 15.6. The van der Waals surface area contributed by atoms with Gasteiger partial charge >= 0.3 is 5.69 Å². The van der Waals surface area contributed by atoms with E-state index in [9.17, 15) is 9.59 Å². The number of nitriles is 1. The largest absolute Gasteiger partial charge is 0.343 e. The number of hydrogen-bond donors (Lipinski definition) is 1. The van der Waals surface area contributed by atoms with Crippen LogP contribution in [0.1, 0.15) is 18.9 Å². The molecule has 0 aliphatic rings. The van der Waals surface area contributed by atoms with Crippen molar-refractivity contribution in [3.05, 3.63) is 76.7 Å². The van der Waals surface area contributed by atoms with E-state index in [2.05, 4.69) is 16.3 Å². The first kappa shape index (κ1) is 21.4. The number of carbonyl (C=O) groups excluding carboxylic acids is 1. The molecule has 2 aromatic carbocycles. The molecule has 3 rings (SSSR count). The second-order valence-electron chi connectivity index (χ2n) is 6.69. The predicted octanol–water partition coefficient (Wildman–Crippen LogP) is 3.24. The van der Waals surface area contributed by atoms with Gasteiger partial charge in [0.05, 0.1) is 17.7 Å². The first-order valence-corrected chi connectivity index (χ1v) is 10.6. The van der Waals surface area contributed by atoms with E-state index in [1.165, 1.54) is 11.8 Å². The number of H-pyrrole nitrogens is 1. The van der Waals surface area contributed by atoms with Crippen molar-refractivity contribution in [3.8, 4) is 6.07 Å². The lowest BCUT2D eigenvalue weighted by atomic mass is 10.1. The minimum absolute atomic E-state index is 0.133. The van der Waals surface area contributed by atoms with Gasteiger partial charge < -0.3 is 4.90 Å². The van der Waals surface area contributed by atoms with Gasteiger partial charge in [0.2, 0.25) is 5.91 Å². The number of rotatable bonds is 9. The third kappa shape index (κ3) is 5.39. The van der Waals surface area contributed by atoms with Crippen molar-refractivity contribution in [1.29, 1.82) is 5.26 Å². The second-order valence-corrected chi connectivity index (χ2v) is 8.00. The fourth-order valence-corrected chi connectivity index (χ4v) is 3.98. The van der Waals surface area contributed by atoms with Gasteiger partial charge in [0.1, 0.15) is 0 Å². The van der Waals surface area contributed by atoms with Gasteiger partial charge in [-0.15, -0.1) is 5.10 Å². The van der Waals surface area contributed by atoms with Crippen LogP contribution in [-0.4, -0.2) is 32.5 Å². The zero-order valence-electron chi connectivity index (χ0n) is 16.7. The van der Waals surface area contributed by atoms with E-state index >= 15 is 0 Å². The maximum absolute atomic E-state index is 13.1. The first-order valence-electron chi connectivity index (χ1n) is 9.69. The van der Waals surface area contributed by atoms with E-state index in [1.807, 2.05) is 60.7 Å². The summed E-state index contributed by atoms with van der Waals surface area (Å²) < 4.78 is 1.56. The fourth-order valence-electron chi connectivity index (χ4n) is 3.04. The number of aromatic nitrogens is 3. The zero-order chi connectivity index (χ0) is 21.3. The quantitative estimate of drug-likeness (QED) is 0.535. The van der Waals surface area contributed by atoms with Gasteiger partial charge in [0.15, 0.2) is 5.16 Å². The number of carbonyl (C=O) groups is 1. The summed E-state index contributed by atoms with van der Waals surface area (Å²) in [4.78, 5) is 26.9. The Labute approximate surface area is 179 Å². The Bertz CT molecular complexity index is 1060. The summed E-state index contributed by atoms with van der Waals surface area (Å²) in [6.07, 6.45) is 0.927. The van der Waals surface area contributed by atoms with Crippen molar-refractivity contribution in [2.45, 2.75) is 36.7 Å². The molecular weight excluding hydrogens is 398 g/mol. The Morgan fingerprint density at radius 2 is 1.87 bits per heavy atom. The molecular formula is C22H23N5O2S. The summed E-state index contributed by atoms with van der Waals surface area (Å²) in [7, 11) is 0. The van der Waals surface area contributed by atoms with Gasteiger partial charge in [-0.05, 0) is 31.0 Å². The number of amides is 1. The van der Waals surface area contributed by atoms with Gasteiger partial charge in [0.25, 0.3) is 0 Å². The highest BCUT2D eigenvalue weighted by atomic mass is 32.2. The van der Waals surface area contributed by atoms with E-state index in [0.717, 1.165) is 11.3 Å². The molecule has 7 nitrogen and oxygen atoms in total. The van der Waals surface area contributed by atoms with Crippen LogP contribution in [0.15, 0.2) is 70.6 Å². The molecule has 3 aromatic rings. The van der Waals surface area contributed by atoms with Crippen LogP contribution < -0.4 is 10.6 Å². The van der Waals surface area contributed by atoms with E-state index in [1.54, 1.807) is 16.4 Å². The van der Waals surface area contributed by atoms with Crippen LogP contribution in [0.25, 0.3) is 0 Å². The van der Waals surface area contributed by atoms with Crippen molar-refractivity contribution in [1.82, 2.24) is 14.8 Å². The Hall–Kier alpha value is -3.31. The maximum Gasteiger partial charge on any atom is 0.343 e. The Balaban J connectivity index is 1.73. The standard InChI is InChI=1S/C22H23N5O2S/c1-17(20(28)26(15-8-14-23)19-11-6-3-7-12-19)30-22-25-24-21(29)27(22)16-13-18-9-4-2-5-10-18/h2-7,9-12,17H,8,13,15-16H2,1H3,(H,24,29)/t17-/m0/s1. The lowest BCUT2D eigenvalue weighted by Gasteiger charge is -2.24. The van der Waals surface area contributed by atoms with Gasteiger partial charge in [-0.2, -0.15) is 5.26 Å². The number of benzene rings is 2. The molecule has 0 saturated heterocycles. The van der Waals surface area contributed by atoms with Gasteiger partial charge in [-0.3, -0.25) is 9.36 Å². The fraction of sp³-hybridized carbons (Fsp3) is 0.273. The SMILES string of the molecule is C[C@H](Sc1n[nH]c(=O)n1CCc1ccccc1)C(=O)N(CCC#N)c1ccccc1. The normalized spacial score (nSPS) is 11.6. The molecule has 0 aliphatic heterocycles. The first-order chi connectivity index (χ1) is 14.6. The smallest absolute Gasteiger partial charge is 0.310 e. The van der Waals surface area contributed by atoms with Crippen LogP contribution in [0, 0.1) is 11.3 Å². The Kier molecular flexibility index (Phi) is 7.46. The van der Waals surface area contributed by atoms with Crippen LogP contribution in [0.2, 0.25) is 0 Å². The summed E-state index contributed by atoms with van der Waals surface area (Å²) in [5.41, 5.74) is 1.57. The minimum atomic E-state index is -0.477. The summed E-state index contributed by atoms with van der Waals surface area (Å²) in [5.74, 6) is -0.133.